The molecule has 0 aromatic carbocycles. The average molecular weight is 308 g/mol. The highest BCUT2D eigenvalue weighted by Gasteiger charge is 2.37. The molecule has 2 atom stereocenters. The number of hydrogen-bond acceptors (Lipinski definition) is 5. The Labute approximate surface area is 127 Å². The van der Waals surface area contributed by atoms with Crippen LogP contribution in [0.2, 0.25) is 0 Å². The predicted molar refractivity (Wildman–Crippen MR) is 85.1 cm³/mol. The molecule has 2 heterocycles. The number of rotatable bonds is 5. The standard InChI is InChI=1S/C15H20N2OS2/c1-15(10-18)5-2-3-13(15)16-7-12-9-20-14(17-12)11-4-6-19-8-11/h4,6,8-9,13,16,18H,2-3,5,7,10H2,1H3. The Morgan fingerprint density at radius 3 is 3.15 bits per heavy atom. The molecule has 3 rings (SSSR count). The fraction of sp³-hybridized carbons (Fsp3) is 0.533. The second-order valence-electron chi connectivity index (χ2n) is 5.79. The lowest BCUT2D eigenvalue weighted by Gasteiger charge is -2.30. The number of nitrogens with one attached hydrogen (secondary N) is 1. The molecule has 1 fully saturated rings. The van der Waals surface area contributed by atoms with E-state index >= 15 is 0 Å². The summed E-state index contributed by atoms with van der Waals surface area (Å²) in [6.07, 6.45) is 3.46. The molecule has 5 heteroatoms. The lowest BCUT2D eigenvalue weighted by molar-refractivity contribution is 0.118. The summed E-state index contributed by atoms with van der Waals surface area (Å²) < 4.78 is 0. The summed E-state index contributed by atoms with van der Waals surface area (Å²) in [4.78, 5) is 4.69. The molecule has 2 N–H and O–H groups in total. The first-order valence-electron chi connectivity index (χ1n) is 7.02. The Balaban J connectivity index is 1.62. The Morgan fingerprint density at radius 2 is 2.40 bits per heavy atom. The van der Waals surface area contributed by atoms with Gasteiger partial charge >= 0.3 is 0 Å². The largest absolute Gasteiger partial charge is 0.396 e. The van der Waals surface area contributed by atoms with Gasteiger partial charge in [-0.1, -0.05) is 13.3 Å². The molecule has 0 amide bonds. The summed E-state index contributed by atoms with van der Waals surface area (Å²) >= 11 is 3.41. The SMILES string of the molecule is CC1(CO)CCCC1NCc1csc(-c2ccsc2)n1. The van der Waals surface area contributed by atoms with E-state index in [1.54, 1.807) is 22.7 Å². The van der Waals surface area contributed by atoms with E-state index in [9.17, 15) is 5.11 Å². The van der Waals surface area contributed by atoms with Crippen molar-refractivity contribution in [2.45, 2.75) is 38.8 Å². The van der Waals surface area contributed by atoms with Gasteiger partial charge < -0.3 is 10.4 Å². The van der Waals surface area contributed by atoms with E-state index in [0.29, 0.717) is 6.04 Å². The van der Waals surface area contributed by atoms with Gasteiger partial charge in [0.25, 0.3) is 0 Å². The van der Waals surface area contributed by atoms with Crippen molar-refractivity contribution in [2.75, 3.05) is 6.61 Å². The van der Waals surface area contributed by atoms with Gasteiger partial charge in [0.05, 0.1) is 5.69 Å². The first-order valence-corrected chi connectivity index (χ1v) is 8.85. The highest BCUT2D eigenvalue weighted by molar-refractivity contribution is 7.14. The summed E-state index contributed by atoms with van der Waals surface area (Å²) in [5.41, 5.74) is 2.35. The van der Waals surface area contributed by atoms with Crippen LogP contribution in [0.5, 0.6) is 0 Å². The molecule has 0 bridgehead atoms. The maximum atomic E-state index is 9.57. The molecule has 1 aliphatic carbocycles. The molecule has 0 aliphatic heterocycles. The van der Waals surface area contributed by atoms with Crippen molar-refractivity contribution in [1.82, 2.24) is 10.3 Å². The predicted octanol–water partition coefficient (Wildman–Crippen LogP) is 3.51. The van der Waals surface area contributed by atoms with E-state index in [2.05, 4.69) is 39.4 Å². The van der Waals surface area contributed by atoms with Crippen molar-refractivity contribution in [3.05, 3.63) is 27.9 Å². The molecule has 3 nitrogen and oxygen atoms in total. The Bertz CT molecular complexity index is 552. The minimum atomic E-state index is 0.0339. The summed E-state index contributed by atoms with van der Waals surface area (Å²) in [5.74, 6) is 0. The maximum Gasteiger partial charge on any atom is 0.124 e. The third kappa shape index (κ3) is 2.81. The Morgan fingerprint density at radius 1 is 1.50 bits per heavy atom. The lowest BCUT2D eigenvalue weighted by atomic mass is 9.86. The van der Waals surface area contributed by atoms with Crippen molar-refractivity contribution >= 4 is 22.7 Å². The van der Waals surface area contributed by atoms with Crippen molar-refractivity contribution in [2.24, 2.45) is 5.41 Å². The summed E-state index contributed by atoms with van der Waals surface area (Å²) in [5, 5.41) is 20.6. The van der Waals surface area contributed by atoms with Crippen LogP contribution in [0.25, 0.3) is 10.6 Å². The third-order valence-corrected chi connectivity index (χ3v) is 5.92. The summed E-state index contributed by atoms with van der Waals surface area (Å²) in [6, 6.07) is 2.51. The van der Waals surface area contributed by atoms with Crippen molar-refractivity contribution < 1.29 is 5.11 Å². The molecule has 0 saturated heterocycles. The second kappa shape index (κ2) is 5.93. The Hall–Kier alpha value is -0.750. The van der Waals surface area contributed by atoms with Gasteiger partial charge in [-0.3, -0.25) is 0 Å². The number of aromatic nitrogens is 1. The normalized spacial score (nSPS) is 26.2. The molecule has 108 valence electrons. The van der Waals surface area contributed by atoms with E-state index < -0.39 is 0 Å². The van der Waals surface area contributed by atoms with Gasteiger partial charge in [0, 0.05) is 40.9 Å². The third-order valence-electron chi connectivity index (χ3n) is 4.29. The van der Waals surface area contributed by atoms with Gasteiger partial charge in [-0.25, -0.2) is 4.98 Å². The molecule has 0 spiro atoms. The van der Waals surface area contributed by atoms with E-state index in [1.807, 2.05) is 0 Å². The molecule has 0 radical (unpaired) electrons. The zero-order valence-electron chi connectivity index (χ0n) is 11.6. The molecule has 1 saturated carbocycles. The van der Waals surface area contributed by atoms with Crippen LogP contribution in [0.15, 0.2) is 22.2 Å². The molecule has 1 aliphatic rings. The topological polar surface area (TPSA) is 45.1 Å². The van der Waals surface area contributed by atoms with Gasteiger partial charge in [-0.15, -0.1) is 11.3 Å². The summed E-state index contributed by atoms with van der Waals surface area (Å²) in [6.45, 7) is 3.23. The van der Waals surface area contributed by atoms with E-state index in [-0.39, 0.29) is 12.0 Å². The fourth-order valence-electron chi connectivity index (χ4n) is 2.91. The van der Waals surface area contributed by atoms with Crippen molar-refractivity contribution in [3.63, 3.8) is 0 Å². The average Bonchev–Trinajstić information content (AvgIpc) is 3.17. The van der Waals surface area contributed by atoms with Crippen LogP contribution < -0.4 is 5.32 Å². The monoisotopic (exact) mass is 308 g/mol. The zero-order valence-corrected chi connectivity index (χ0v) is 13.3. The number of nitrogens with zero attached hydrogens (tertiary/aromatic N) is 1. The fourth-order valence-corrected chi connectivity index (χ4v) is 4.44. The van der Waals surface area contributed by atoms with Crippen LogP contribution >= 0.6 is 22.7 Å². The van der Waals surface area contributed by atoms with Gasteiger partial charge in [-0.05, 0) is 24.3 Å². The zero-order chi connectivity index (χ0) is 14.0. The lowest BCUT2D eigenvalue weighted by Crippen LogP contribution is -2.41. The van der Waals surface area contributed by atoms with Crippen LogP contribution in [0.3, 0.4) is 0 Å². The van der Waals surface area contributed by atoms with Crippen LogP contribution in [-0.4, -0.2) is 22.7 Å². The summed E-state index contributed by atoms with van der Waals surface area (Å²) in [7, 11) is 0. The van der Waals surface area contributed by atoms with Crippen molar-refractivity contribution in [3.8, 4) is 10.6 Å². The quantitative estimate of drug-likeness (QED) is 0.888. The highest BCUT2D eigenvalue weighted by Crippen LogP contribution is 2.37. The number of hydrogen-bond donors (Lipinski definition) is 2. The molecule has 2 aromatic heterocycles. The number of thiazole rings is 1. The second-order valence-corrected chi connectivity index (χ2v) is 7.43. The van der Waals surface area contributed by atoms with Gasteiger partial charge in [0.1, 0.15) is 5.01 Å². The van der Waals surface area contributed by atoms with Crippen LogP contribution in [0, 0.1) is 5.41 Å². The number of aliphatic hydroxyl groups is 1. The van der Waals surface area contributed by atoms with Gasteiger partial charge in [-0.2, -0.15) is 11.3 Å². The van der Waals surface area contributed by atoms with Gasteiger partial charge in [0.15, 0.2) is 0 Å². The highest BCUT2D eigenvalue weighted by atomic mass is 32.1. The van der Waals surface area contributed by atoms with E-state index in [1.165, 1.54) is 12.0 Å². The number of thiophene rings is 1. The van der Waals surface area contributed by atoms with E-state index in [4.69, 9.17) is 0 Å². The van der Waals surface area contributed by atoms with Gasteiger partial charge in [0.2, 0.25) is 0 Å². The molecular weight excluding hydrogens is 288 g/mol. The molecule has 2 aromatic rings. The minimum Gasteiger partial charge on any atom is -0.396 e. The molecule has 2 unspecified atom stereocenters. The van der Waals surface area contributed by atoms with Crippen LogP contribution in [0.1, 0.15) is 31.9 Å². The smallest absolute Gasteiger partial charge is 0.124 e. The van der Waals surface area contributed by atoms with Crippen LogP contribution in [-0.2, 0) is 6.54 Å². The van der Waals surface area contributed by atoms with E-state index in [0.717, 1.165) is 30.1 Å². The van der Waals surface area contributed by atoms with Crippen LogP contribution in [0.4, 0.5) is 0 Å². The maximum absolute atomic E-state index is 9.57. The number of aliphatic hydroxyl groups excluding tert-OH is 1. The molecule has 20 heavy (non-hydrogen) atoms. The minimum absolute atomic E-state index is 0.0339. The first-order chi connectivity index (χ1) is 9.71. The van der Waals surface area contributed by atoms with Crippen molar-refractivity contribution in [1.29, 1.82) is 0 Å². The molecular formula is C15H20N2OS2. The Kier molecular flexibility index (Phi) is 4.21. The first kappa shape index (κ1) is 14.2.